The third kappa shape index (κ3) is 3.87. The van der Waals surface area contributed by atoms with Crippen molar-refractivity contribution < 1.29 is 24.2 Å². The second kappa shape index (κ2) is 6.47. The Bertz CT molecular complexity index is 543. The van der Waals surface area contributed by atoms with Crippen LogP contribution in [0.15, 0.2) is 18.2 Å². The quantitative estimate of drug-likeness (QED) is 0.882. The molecule has 6 heteroatoms. The molecule has 0 aromatic heterocycles. The molecule has 0 radical (unpaired) electrons. The summed E-state index contributed by atoms with van der Waals surface area (Å²) in [5, 5.41) is 8.87. The monoisotopic (exact) mass is 293 g/mol. The molecule has 1 aliphatic rings. The second-order valence-electron chi connectivity index (χ2n) is 5.17. The molecule has 1 aliphatic heterocycles. The Hall–Kier alpha value is -2.24. The van der Waals surface area contributed by atoms with Gasteiger partial charge in [-0.1, -0.05) is 13.0 Å². The smallest absolute Gasteiger partial charge is 0.308 e. The lowest BCUT2D eigenvalue weighted by Crippen LogP contribution is -2.34. The summed E-state index contributed by atoms with van der Waals surface area (Å²) >= 11 is 0. The van der Waals surface area contributed by atoms with E-state index in [1.807, 2.05) is 6.07 Å². The lowest BCUT2D eigenvalue weighted by Gasteiger charge is -2.21. The van der Waals surface area contributed by atoms with E-state index in [0.717, 1.165) is 5.56 Å². The number of hydrogen-bond donors (Lipinski definition) is 1. The van der Waals surface area contributed by atoms with Gasteiger partial charge in [0.25, 0.3) is 0 Å². The molecule has 0 aliphatic carbocycles. The van der Waals surface area contributed by atoms with E-state index in [4.69, 9.17) is 14.6 Å². The van der Waals surface area contributed by atoms with Gasteiger partial charge in [0.1, 0.15) is 13.2 Å². The SMILES string of the molecule is C[C@H](CN(C)C(=O)Cc1ccc2c(c1)OCCO2)C(=O)O. The van der Waals surface area contributed by atoms with Gasteiger partial charge in [-0.15, -0.1) is 0 Å². The highest BCUT2D eigenvalue weighted by Crippen LogP contribution is 2.30. The van der Waals surface area contributed by atoms with Gasteiger partial charge in [-0.2, -0.15) is 0 Å². The second-order valence-corrected chi connectivity index (χ2v) is 5.17. The van der Waals surface area contributed by atoms with Crippen molar-refractivity contribution >= 4 is 11.9 Å². The van der Waals surface area contributed by atoms with E-state index in [2.05, 4.69) is 0 Å². The van der Waals surface area contributed by atoms with Crippen molar-refractivity contribution in [2.45, 2.75) is 13.3 Å². The minimum absolute atomic E-state index is 0.125. The Morgan fingerprint density at radius 2 is 1.95 bits per heavy atom. The average Bonchev–Trinajstić information content (AvgIpc) is 2.46. The Kier molecular flexibility index (Phi) is 4.67. The number of ether oxygens (including phenoxy) is 2. The van der Waals surface area contributed by atoms with Gasteiger partial charge in [-0.25, -0.2) is 0 Å². The van der Waals surface area contributed by atoms with Gasteiger partial charge in [-0.3, -0.25) is 9.59 Å². The first-order valence-corrected chi connectivity index (χ1v) is 6.82. The average molecular weight is 293 g/mol. The Labute approximate surface area is 123 Å². The van der Waals surface area contributed by atoms with E-state index < -0.39 is 11.9 Å². The first-order chi connectivity index (χ1) is 9.97. The molecule has 0 unspecified atom stereocenters. The number of carboxylic acids is 1. The molecular weight excluding hydrogens is 274 g/mol. The normalized spacial score (nSPS) is 14.4. The van der Waals surface area contributed by atoms with Gasteiger partial charge in [0.2, 0.25) is 5.91 Å². The van der Waals surface area contributed by atoms with E-state index in [0.29, 0.717) is 24.7 Å². The summed E-state index contributed by atoms with van der Waals surface area (Å²) in [6.45, 7) is 2.80. The van der Waals surface area contributed by atoms with Crippen LogP contribution in [0.25, 0.3) is 0 Å². The molecule has 1 amide bonds. The van der Waals surface area contributed by atoms with Crippen molar-refractivity contribution in [3.8, 4) is 11.5 Å². The first kappa shape index (κ1) is 15.2. The molecule has 0 bridgehead atoms. The van der Waals surface area contributed by atoms with Gasteiger partial charge in [-0.05, 0) is 17.7 Å². The summed E-state index contributed by atoms with van der Waals surface area (Å²) in [7, 11) is 1.61. The van der Waals surface area contributed by atoms with Crippen molar-refractivity contribution in [2.75, 3.05) is 26.8 Å². The summed E-state index contributed by atoms with van der Waals surface area (Å²) in [5.74, 6) is -0.286. The van der Waals surface area contributed by atoms with Gasteiger partial charge in [0, 0.05) is 13.6 Å². The number of carbonyl (C=O) groups is 2. The number of amides is 1. The topological polar surface area (TPSA) is 76.1 Å². The summed E-state index contributed by atoms with van der Waals surface area (Å²) in [6, 6.07) is 5.40. The highest BCUT2D eigenvalue weighted by atomic mass is 16.6. The summed E-state index contributed by atoms with van der Waals surface area (Å²) in [5.41, 5.74) is 0.819. The third-order valence-electron chi connectivity index (χ3n) is 3.36. The van der Waals surface area contributed by atoms with E-state index in [1.54, 1.807) is 26.1 Å². The Balaban J connectivity index is 1.97. The number of benzene rings is 1. The van der Waals surface area contributed by atoms with Gasteiger partial charge in [0.15, 0.2) is 11.5 Å². The molecule has 2 rings (SSSR count). The van der Waals surface area contributed by atoms with Crippen LogP contribution in [0.1, 0.15) is 12.5 Å². The molecule has 1 N–H and O–H groups in total. The van der Waals surface area contributed by atoms with Crippen molar-refractivity contribution in [3.05, 3.63) is 23.8 Å². The van der Waals surface area contributed by atoms with Crippen LogP contribution in [0.5, 0.6) is 11.5 Å². The van der Waals surface area contributed by atoms with Crippen LogP contribution >= 0.6 is 0 Å². The minimum Gasteiger partial charge on any atom is -0.486 e. The molecule has 21 heavy (non-hydrogen) atoms. The molecule has 1 aromatic carbocycles. The maximum absolute atomic E-state index is 12.1. The van der Waals surface area contributed by atoms with Crippen molar-refractivity contribution in [2.24, 2.45) is 5.92 Å². The number of fused-ring (bicyclic) bond motifs is 1. The summed E-state index contributed by atoms with van der Waals surface area (Å²) < 4.78 is 10.9. The Morgan fingerprint density at radius 3 is 2.62 bits per heavy atom. The molecule has 1 heterocycles. The van der Waals surface area contributed by atoms with Gasteiger partial charge >= 0.3 is 5.97 Å². The number of carboxylic acid groups (broad SMARTS) is 1. The van der Waals surface area contributed by atoms with Crippen LogP contribution in [-0.2, 0) is 16.0 Å². The third-order valence-corrected chi connectivity index (χ3v) is 3.36. The highest BCUT2D eigenvalue weighted by molar-refractivity contribution is 5.79. The molecule has 1 atom stereocenters. The Morgan fingerprint density at radius 1 is 1.29 bits per heavy atom. The zero-order valence-electron chi connectivity index (χ0n) is 12.2. The number of nitrogens with zero attached hydrogens (tertiary/aromatic N) is 1. The zero-order valence-corrected chi connectivity index (χ0v) is 12.2. The fourth-order valence-electron chi connectivity index (χ4n) is 2.10. The van der Waals surface area contributed by atoms with E-state index in [9.17, 15) is 9.59 Å². The van der Waals surface area contributed by atoms with Crippen LogP contribution in [0.4, 0.5) is 0 Å². The number of likely N-dealkylation sites (N-methyl/N-ethyl adjacent to an activating group) is 1. The van der Waals surface area contributed by atoms with E-state index in [1.165, 1.54) is 4.90 Å². The minimum atomic E-state index is -0.908. The standard InChI is InChI=1S/C15H19NO5/c1-10(15(18)19)9-16(2)14(17)8-11-3-4-12-13(7-11)21-6-5-20-12/h3-4,7,10H,5-6,8-9H2,1-2H3,(H,18,19)/t10-/m1/s1. The van der Waals surface area contributed by atoms with Crippen molar-refractivity contribution in [1.29, 1.82) is 0 Å². The van der Waals surface area contributed by atoms with Crippen LogP contribution in [0, 0.1) is 5.92 Å². The summed E-state index contributed by atoms with van der Waals surface area (Å²) in [4.78, 5) is 24.3. The van der Waals surface area contributed by atoms with Crippen molar-refractivity contribution in [3.63, 3.8) is 0 Å². The van der Waals surface area contributed by atoms with E-state index >= 15 is 0 Å². The summed E-state index contributed by atoms with van der Waals surface area (Å²) in [6.07, 6.45) is 0.208. The predicted octanol–water partition coefficient (Wildman–Crippen LogP) is 1.18. The number of aliphatic carboxylic acids is 1. The molecule has 6 nitrogen and oxygen atoms in total. The fraction of sp³-hybridized carbons (Fsp3) is 0.467. The molecule has 1 aromatic rings. The first-order valence-electron chi connectivity index (χ1n) is 6.82. The molecule has 0 fully saturated rings. The molecule has 114 valence electrons. The zero-order chi connectivity index (χ0) is 15.4. The van der Waals surface area contributed by atoms with Crippen LogP contribution in [0.3, 0.4) is 0 Å². The molecular formula is C15H19NO5. The highest BCUT2D eigenvalue weighted by Gasteiger charge is 2.18. The number of hydrogen-bond acceptors (Lipinski definition) is 4. The maximum atomic E-state index is 12.1. The van der Waals surface area contributed by atoms with Crippen molar-refractivity contribution in [1.82, 2.24) is 4.90 Å². The lowest BCUT2D eigenvalue weighted by molar-refractivity contribution is -0.142. The van der Waals surface area contributed by atoms with Gasteiger partial charge in [0.05, 0.1) is 12.3 Å². The predicted molar refractivity (Wildman–Crippen MR) is 75.6 cm³/mol. The van der Waals surface area contributed by atoms with Crippen LogP contribution in [0.2, 0.25) is 0 Å². The van der Waals surface area contributed by atoms with Gasteiger partial charge < -0.3 is 19.5 Å². The molecule has 0 spiro atoms. The van der Waals surface area contributed by atoms with Crippen LogP contribution < -0.4 is 9.47 Å². The van der Waals surface area contributed by atoms with Crippen LogP contribution in [-0.4, -0.2) is 48.7 Å². The number of rotatable bonds is 5. The maximum Gasteiger partial charge on any atom is 0.308 e. The lowest BCUT2D eigenvalue weighted by atomic mass is 10.1. The molecule has 0 saturated carbocycles. The largest absolute Gasteiger partial charge is 0.486 e. The van der Waals surface area contributed by atoms with E-state index in [-0.39, 0.29) is 18.9 Å². The number of carbonyl (C=O) groups excluding carboxylic acids is 1. The molecule has 0 saturated heterocycles. The fourth-order valence-corrected chi connectivity index (χ4v) is 2.10.